The Hall–Kier alpha value is -1.74. The molecule has 15 heavy (non-hydrogen) atoms. The van der Waals surface area contributed by atoms with Crippen molar-refractivity contribution in [1.29, 1.82) is 0 Å². The number of hydrogen-bond acceptors (Lipinski definition) is 3. The van der Waals surface area contributed by atoms with E-state index in [1.165, 1.54) is 0 Å². The molecule has 3 rings (SSSR count). The maximum Gasteiger partial charge on any atom is 0.0945 e. The van der Waals surface area contributed by atoms with Gasteiger partial charge in [0.15, 0.2) is 0 Å². The average Bonchev–Trinajstić information content (AvgIpc) is 2.48. The van der Waals surface area contributed by atoms with E-state index in [0.717, 1.165) is 22.5 Å². The highest BCUT2D eigenvalue weighted by Crippen LogP contribution is 2.27. The molecule has 3 heteroatoms. The Morgan fingerprint density at radius 3 is 1.93 bits per heavy atom. The predicted molar refractivity (Wildman–Crippen MR) is 56.0 cm³/mol. The molecule has 1 aliphatic heterocycles. The van der Waals surface area contributed by atoms with Gasteiger partial charge in [-0.1, -0.05) is 12.1 Å². The molecule has 0 fully saturated rings. The van der Waals surface area contributed by atoms with Crippen molar-refractivity contribution in [3.8, 4) is 11.4 Å². The van der Waals surface area contributed by atoms with Crippen LogP contribution in [0.5, 0.6) is 0 Å². The zero-order valence-electron chi connectivity index (χ0n) is 8.18. The molecule has 0 N–H and O–H groups in total. The van der Waals surface area contributed by atoms with E-state index in [0.29, 0.717) is 13.2 Å². The van der Waals surface area contributed by atoms with Crippen LogP contribution in [0.4, 0.5) is 0 Å². The zero-order valence-corrected chi connectivity index (χ0v) is 8.18. The highest BCUT2D eigenvalue weighted by molar-refractivity contribution is 5.62. The second kappa shape index (κ2) is 3.44. The monoisotopic (exact) mass is 198 g/mol. The molecule has 0 spiro atoms. The van der Waals surface area contributed by atoms with Gasteiger partial charge in [-0.25, -0.2) is 0 Å². The third kappa shape index (κ3) is 1.41. The van der Waals surface area contributed by atoms with Crippen molar-refractivity contribution in [2.75, 3.05) is 0 Å². The van der Waals surface area contributed by atoms with E-state index in [1.807, 2.05) is 24.3 Å². The van der Waals surface area contributed by atoms with Crippen LogP contribution in [-0.4, -0.2) is 9.97 Å². The summed E-state index contributed by atoms with van der Waals surface area (Å²) in [5, 5.41) is 0. The molecule has 3 nitrogen and oxygen atoms in total. The second-order valence-electron chi connectivity index (χ2n) is 3.52. The van der Waals surface area contributed by atoms with E-state index in [4.69, 9.17) is 4.74 Å². The maximum atomic E-state index is 5.57. The summed E-state index contributed by atoms with van der Waals surface area (Å²) in [7, 11) is 0. The van der Waals surface area contributed by atoms with Crippen LogP contribution >= 0.6 is 0 Å². The van der Waals surface area contributed by atoms with Crippen LogP contribution in [0, 0.1) is 0 Å². The Morgan fingerprint density at radius 1 is 0.867 bits per heavy atom. The number of pyridine rings is 2. The van der Waals surface area contributed by atoms with Gasteiger partial charge in [0.1, 0.15) is 0 Å². The van der Waals surface area contributed by atoms with Crippen molar-refractivity contribution in [3.63, 3.8) is 0 Å². The first-order valence-electron chi connectivity index (χ1n) is 4.91. The Bertz CT molecular complexity index is 451. The van der Waals surface area contributed by atoms with Crippen LogP contribution in [-0.2, 0) is 18.0 Å². The van der Waals surface area contributed by atoms with E-state index >= 15 is 0 Å². The molecule has 74 valence electrons. The number of rotatable bonds is 0. The molecule has 0 unspecified atom stereocenters. The van der Waals surface area contributed by atoms with Crippen LogP contribution < -0.4 is 0 Å². The molecular formula is C12H10N2O. The molecular weight excluding hydrogens is 188 g/mol. The lowest BCUT2D eigenvalue weighted by Gasteiger charge is -2.04. The molecule has 0 saturated carbocycles. The number of aromatic nitrogens is 2. The zero-order chi connectivity index (χ0) is 10.1. The first-order chi connectivity index (χ1) is 7.45. The Balaban J connectivity index is 2.27. The van der Waals surface area contributed by atoms with Gasteiger partial charge in [-0.05, 0) is 12.1 Å². The van der Waals surface area contributed by atoms with Crippen molar-refractivity contribution in [2.45, 2.75) is 13.2 Å². The summed E-state index contributed by atoms with van der Waals surface area (Å²) in [5.41, 5.74) is 4.11. The molecule has 0 aliphatic carbocycles. The molecule has 0 saturated heterocycles. The molecule has 3 heterocycles. The van der Waals surface area contributed by atoms with E-state index in [-0.39, 0.29) is 0 Å². The van der Waals surface area contributed by atoms with Gasteiger partial charge in [0.2, 0.25) is 0 Å². The fourth-order valence-corrected chi connectivity index (χ4v) is 1.81. The lowest BCUT2D eigenvalue weighted by Crippen LogP contribution is -1.93. The highest BCUT2D eigenvalue weighted by Gasteiger charge is 2.15. The minimum atomic E-state index is 0.611. The minimum Gasteiger partial charge on any atom is -0.372 e. The second-order valence-corrected chi connectivity index (χ2v) is 3.52. The third-order valence-corrected chi connectivity index (χ3v) is 2.52. The summed E-state index contributed by atoms with van der Waals surface area (Å²) in [6, 6.07) is 7.92. The van der Waals surface area contributed by atoms with Gasteiger partial charge in [-0.2, -0.15) is 0 Å². The number of ether oxygens (including phenoxy) is 1. The van der Waals surface area contributed by atoms with Crippen LogP contribution in [0.1, 0.15) is 11.1 Å². The van der Waals surface area contributed by atoms with E-state index in [9.17, 15) is 0 Å². The summed E-state index contributed by atoms with van der Waals surface area (Å²) < 4.78 is 5.57. The molecule has 2 aromatic rings. The van der Waals surface area contributed by atoms with Crippen LogP contribution in [0.3, 0.4) is 0 Å². The normalized spacial score (nSPS) is 13.9. The highest BCUT2D eigenvalue weighted by atomic mass is 16.5. The van der Waals surface area contributed by atoms with Crippen molar-refractivity contribution in [1.82, 2.24) is 9.97 Å². The SMILES string of the molecule is c1cnc2c(c1)COCc1cccnc1-2. The van der Waals surface area contributed by atoms with Gasteiger partial charge in [-0.3, -0.25) is 9.97 Å². The number of nitrogens with zero attached hydrogens (tertiary/aromatic N) is 2. The molecule has 2 aromatic heterocycles. The first kappa shape index (κ1) is 8.56. The predicted octanol–water partition coefficient (Wildman–Crippen LogP) is 2.17. The molecule has 0 amide bonds. The third-order valence-electron chi connectivity index (χ3n) is 2.52. The topological polar surface area (TPSA) is 35.0 Å². The summed E-state index contributed by atoms with van der Waals surface area (Å²) >= 11 is 0. The lowest BCUT2D eigenvalue weighted by molar-refractivity contribution is 0.109. The van der Waals surface area contributed by atoms with Gasteiger partial charge in [0.05, 0.1) is 24.6 Å². The smallest absolute Gasteiger partial charge is 0.0945 e. The fourth-order valence-electron chi connectivity index (χ4n) is 1.81. The molecule has 0 aromatic carbocycles. The number of hydrogen-bond donors (Lipinski definition) is 0. The molecule has 0 radical (unpaired) electrons. The Kier molecular flexibility index (Phi) is 1.96. The number of fused-ring (bicyclic) bond motifs is 3. The maximum absolute atomic E-state index is 5.57. The quantitative estimate of drug-likeness (QED) is 0.650. The van der Waals surface area contributed by atoms with Crippen molar-refractivity contribution >= 4 is 0 Å². The standard InChI is InChI=1S/C12H10N2O/c1-3-9-7-15-8-10-4-2-6-14-12(10)11(9)13-5-1/h1-6H,7-8H2. The minimum absolute atomic E-state index is 0.611. The van der Waals surface area contributed by atoms with Gasteiger partial charge < -0.3 is 4.74 Å². The fraction of sp³-hybridized carbons (Fsp3) is 0.167. The molecule has 1 aliphatic rings. The Labute approximate surface area is 87.8 Å². The van der Waals surface area contributed by atoms with E-state index in [2.05, 4.69) is 9.97 Å². The van der Waals surface area contributed by atoms with E-state index < -0.39 is 0 Å². The van der Waals surface area contributed by atoms with Crippen molar-refractivity contribution < 1.29 is 4.74 Å². The molecule has 0 bridgehead atoms. The summed E-state index contributed by atoms with van der Waals surface area (Å²) in [4.78, 5) is 8.76. The van der Waals surface area contributed by atoms with Crippen LogP contribution in [0.25, 0.3) is 11.4 Å². The Morgan fingerprint density at radius 2 is 1.40 bits per heavy atom. The van der Waals surface area contributed by atoms with E-state index in [1.54, 1.807) is 12.4 Å². The van der Waals surface area contributed by atoms with Gasteiger partial charge in [0, 0.05) is 23.5 Å². The van der Waals surface area contributed by atoms with Gasteiger partial charge in [0.25, 0.3) is 0 Å². The van der Waals surface area contributed by atoms with Crippen molar-refractivity contribution in [3.05, 3.63) is 47.8 Å². The largest absolute Gasteiger partial charge is 0.372 e. The average molecular weight is 198 g/mol. The molecule has 0 atom stereocenters. The summed E-state index contributed by atoms with van der Waals surface area (Å²) in [6.45, 7) is 1.22. The summed E-state index contributed by atoms with van der Waals surface area (Å²) in [6.07, 6.45) is 3.59. The van der Waals surface area contributed by atoms with Gasteiger partial charge in [-0.15, -0.1) is 0 Å². The van der Waals surface area contributed by atoms with Crippen LogP contribution in [0.2, 0.25) is 0 Å². The summed E-state index contributed by atoms with van der Waals surface area (Å²) in [5.74, 6) is 0. The van der Waals surface area contributed by atoms with Crippen LogP contribution in [0.15, 0.2) is 36.7 Å². The lowest BCUT2D eigenvalue weighted by atomic mass is 10.1. The van der Waals surface area contributed by atoms with Crippen molar-refractivity contribution in [2.24, 2.45) is 0 Å². The van der Waals surface area contributed by atoms with Gasteiger partial charge >= 0.3 is 0 Å². The first-order valence-corrected chi connectivity index (χ1v) is 4.91.